The summed E-state index contributed by atoms with van der Waals surface area (Å²) < 4.78 is 5.06. The van der Waals surface area contributed by atoms with E-state index >= 15 is 0 Å². The Labute approximate surface area is 198 Å². The fourth-order valence-corrected chi connectivity index (χ4v) is 4.48. The van der Waals surface area contributed by atoms with Crippen LogP contribution in [-0.2, 0) is 9.53 Å². The van der Waals surface area contributed by atoms with E-state index in [4.69, 9.17) is 27.9 Å². The van der Waals surface area contributed by atoms with Crippen LogP contribution in [0.5, 0.6) is 0 Å². The summed E-state index contributed by atoms with van der Waals surface area (Å²) in [5.74, 6) is -0.347. The number of aromatic nitrogens is 2. The van der Waals surface area contributed by atoms with E-state index in [1.165, 1.54) is 0 Å². The van der Waals surface area contributed by atoms with Gasteiger partial charge in [-0.15, -0.1) is 11.3 Å². The molecule has 3 aromatic rings. The molecule has 0 radical (unpaired) electrons. The third-order valence-electron chi connectivity index (χ3n) is 4.93. The maximum absolute atomic E-state index is 12.7. The first-order valence-corrected chi connectivity index (χ1v) is 11.3. The Morgan fingerprint density at radius 2 is 2.03 bits per heavy atom. The lowest BCUT2D eigenvalue weighted by Crippen LogP contribution is -2.33. The molecule has 3 rings (SSSR count). The summed E-state index contributed by atoms with van der Waals surface area (Å²) in [6, 6.07) is 4.45. The Hall–Kier alpha value is -2.46. The molecule has 0 aliphatic heterocycles. The zero-order chi connectivity index (χ0) is 23.6. The van der Waals surface area contributed by atoms with Gasteiger partial charge in [0.2, 0.25) is 5.91 Å². The number of rotatable bonds is 7. The van der Waals surface area contributed by atoms with Crippen LogP contribution in [0.2, 0.25) is 10.0 Å². The zero-order valence-electron chi connectivity index (χ0n) is 17.9. The second-order valence-corrected chi connectivity index (χ2v) is 8.99. The van der Waals surface area contributed by atoms with Crippen LogP contribution in [-0.4, -0.2) is 46.9 Å². The van der Waals surface area contributed by atoms with Crippen LogP contribution in [0.3, 0.4) is 0 Å². The SMILES string of the molecule is CCOC(=O)c1sc2nc(C(C)N(C)CC(=O)Nc3ccc(Cl)c(Cl)c3)[nH]c(=O)c2c1C. The molecule has 170 valence electrons. The van der Waals surface area contributed by atoms with Crippen molar-refractivity contribution in [2.75, 3.05) is 25.5 Å². The number of carbonyl (C=O) groups is 2. The number of fused-ring (bicyclic) bond motifs is 1. The van der Waals surface area contributed by atoms with E-state index in [0.717, 1.165) is 11.3 Å². The molecule has 0 aliphatic carbocycles. The number of H-pyrrole nitrogens is 1. The second-order valence-electron chi connectivity index (χ2n) is 7.18. The molecular weight excluding hydrogens is 475 g/mol. The number of likely N-dealkylation sites (N-methyl/N-ethyl adjacent to an activating group) is 1. The molecule has 2 aromatic heterocycles. The molecule has 32 heavy (non-hydrogen) atoms. The van der Waals surface area contributed by atoms with Gasteiger partial charge in [0, 0.05) is 5.69 Å². The summed E-state index contributed by atoms with van der Waals surface area (Å²) in [7, 11) is 1.74. The van der Waals surface area contributed by atoms with Gasteiger partial charge in [-0.25, -0.2) is 9.78 Å². The number of hydrogen-bond donors (Lipinski definition) is 2. The van der Waals surface area contributed by atoms with Crippen molar-refractivity contribution in [1.82, 2.24) is 14.9 Å². The Balaban J connectivity index is 1.78. The van der Waals surface area contributed by atoms with Gasteiger partial charge in [0.15, 0.2) is 0 Å². The Morgan fingerprint density at radius 3 is 2.69 bits per heavy atom. The highest BCUT2D eigenvalue weighted by atomic mass is 35.5. The van der Waals surface area contributed by atoms with Crippen molar-refractivity contribution in [2.24, 2.45) is 0 Å². The lowest BCUT2D eigenvalue weighted by atomic mass is 10.2. The zero-order valence-corrected chi connectivity index (χ0v) is 20.2. The van der Waals surface area contributed by atoms with Crippen LogP contribution in [0.25, 0.3) is 10.2 Å². The first kappa shape index (κ1) is 24.2. The number of esters is 1. The van der Waals surface area contributed by atoms with Crippen molar-refractivity contribution in [1.29, 1.82) is 0 Å². The molecule has 1 unspecified atom stereocenters. The Bertz CT molecular complexity index is 1240. The fraction of sp³-hybridized carbons (Fsp3) is 0.333. The molecule has 11 heteroatoms. The van der Waals surface area contributed by atoms with Crippen molar-refractivity contribution < 1.29 is 14.3 Å². The molecule has 1 amide bonds. The number of carbonyl (C=O) groups excluding carboxylic acids is 2. The van der Waals surface area contributed by atoms with Gasteiger partial charge in [-0.05, 0) is 51.6 Å². The number of halogens is 2. The largest absolute Gasteiger partial charge is 0.462 e. The maximum Gasteiger partial charge on any atom is 0.348 e. The number of thiophene rings is 1. The summed E-state index contributed by atoms with van der Waals surface area (Å²) in [5, 5.41) is 3.87. The highest BCUT2D eigenvalue weighted by Gasteiger charge is 2.23. The topological polar surface area (TPSA) is 104 Å². The summed E-state index contributed by atoms with van der Waals surface area (Å²) in [6.45, 7) is 5.53. The molecule has 2 heterocycles. The molecule has 0 aliphatic rings. The van der Waals surface area contributed by atoms with E-state index in [-0.39, 0.29) is 30.7 Å². The molecule has 0 spiro atoms. The average Bonchev–Trinajstić information content (AvgIpc) is 3.07. The Kier molecular flexibility index (Phi) is 7.55. The number of nitrogens with zero attached hydrogens (tertiary/aromatic N) is 2. The first-order valence-electron chi connectivity index (χ1n) is 9.77. The van der Waals surface area contributed by atoms with E-state index in [9.17, 15) is 14.4 Å². The van der Waals surface area contributed by atoms with Crippen molar-refractivity contribution in [3.8, 4) is 0 Å². The number of aryl methyl sites for hydroxylation is 1. The highest BCUT2D eigenvalue weighted by Crippen LogP contribution is 2.29. The molecule has 8 nitrogen and oxygen atoms in total. The minimum absolute atomic E-state index is 0.0424. The smallest absolute Gasteiger partial charge is 0.348 e. The molecule has 1 atom stereocenters. The van der Waals surface area contributed by atoms with Gasteiger partial charge in [0.1, 0.15) is 15.5 Å². The summed E-state index contributed by atoms with van der Waals surface area (Å²) in [5.41, 5.74) is 0.736. The van der Waals surface area contributed by atoms with Crippen LogP contribution >= 0.6 is 34.5 Å². The van der Waals surface area contributed by atoms with Crippen LogP contribution in [0.1, 0.15) is 40.9 Å². The van der Waals surface area contributed by atoms with Gasteiger partial charge >= 0.3 is 5.97 Å². The summed E-state index contributed by atoms with van der Waals surface area (Å²) in [4.78, 5) is 47.2. The second kappa shape index (κ2) is 9.99. The van der Waals surface area contributed by atoms with E-state index in [0.29, 0.717) is 42.2 Å². The fourth-order valence-electron chi connectivity index (χ4n) is 3.10. The van der Waals surface area contributed by atoms with Gasteiger partial charge < -0.3 is 15.0 Å². The number of aromatic amines is 1. The average molecular weight is 497 g/mol. The number of ether oxygens (including phenoxy) is 1. The Morgan fingerprint density at radius 1 is 1.31 bits per heavy atom. The predicted octanol–water partition coefficient (Wildman–Crippen LogP) is 4.41. The number of anilines is 1. The molecule has 1 aromatic carbocycles. The summed E-state index contributed by atoms with van der Waals surface area (Å²) >= 11 is 13.0. The number of amides is 1. The van der Waals surface area contributed by atoms with E-state index in [1.807, 2.05) is 6.92 Å². The van der Waals surface area contributed by atoms with E-state index in [2.05, 4.69) is 15.3 Å². The van der Waals surface area contributed by atoms with Crippen molar-refractivity contribution in [3.63, 3.8) is 0 Å². The number of nitrogens with one attached hydrogen (secondary N) is 2. The quantitative estimate of drug-likeness (QED) is 0.469. The van der Waals surface area contributed by atoms with Gasteiger partial charge in [-0.1, -0.05) is 23.2 Å². The normalized spacial score (nSPS) is 12.2. The predicted molar refractivity (Wildman–Crippen MR) is 127 cm³/mol. The van der Waals surface area contributed by atoms with Crippen LogP contribution < -0.4 is 10.9 Å². The summed E-state index contributed by atoms with van der Waals surface area (Å²) in [6.07, 6.45) is 0. The minimum Gasteiger partial charge on any atom is -0.462 e. The van der Waals surface area contributed by atoms with Gasteiger partial charge in [-0.2, -0.15) is 0 Å². The first-order chi connectivity index (χ1) is 15.1. The number of benzene rings is 1. The maximum atomic E-state index is 12.7. The molecular formula is C21H22Cl2N4O4S. The van der Waals surface area contributed by atoms with Gasteiger partial charge in [-0.3, -0.25) is 14.5 Å². The third-order valence-corrected chi connectivity index (χ3v) is 6.84. The highest BCUT2D eigenvalue weighted by molar-refractivity contribution is 7.20. The molecule has 2 N–H and O–H groups in total. The molecule has 0 fully saturated rings. The van der Waals surface area contributed by atoms with Crippen LogP contribution in [0, 0.1) is 6.92 Å². The third kappa shape index (κ3) is 5.12. The standard InChI is InChI=1S/C21H22Cl2N4O4S/c1-5-31-21(30)17-10(2)16-19(29)25-18(26-20(16)32-17)11(3)27(4)9-15(28)24-12-6-7-13(22)14(23)8-12/h6-8,11H,5,9H2,1-4H3,(H,24,28)(H,25,26,29). The van der Waals surface area contributed by atoms with Crippen LogP contribution in [0.15, 0.2) is 23.0 Å². The lowest BCUT2D eigenvalue weighted by Gasteiger charge is -2.23. The van der Waals surface area contributed by atoms with Crippen LogP contribution in [0.4, 0.5) is 5.69 Å². The van der Waals surface area contributed by atoms with Crippen molar-refractivity contribution >= 4 is 62.3 Å². The molecule has 0 bridgehead atoms. The van der Waals surface area contributed by atoms with Crippen molar-refractivity contribution in [2.45, 2.75) is 26.8 Å². The number of hydrogen-bond acceptors (Lipinski definition) is 7. The lowest BCUT2D eigenvalue weighted by molar-refractivity contribution is -0.117. The van der Waals surface area contributed by atoms with Gasteiger partial charge in [0.05, 0.1) is 34.6 Å². The van der Waals surface area contributed by atoms with Crippen molar-refractivity contribution in [3.05, 3.63) is 54.9 Å². The molecule has 0 saturated carbocycles. The molecule has 0 saturated heterocycles. The van der Waals surface area contributed by atoms with Gasteiger partial charge in [0.25, 0.3) is 5.56 Å². The monoisotopic (exact) mass is 496 g/mol. The van der Waals surface area contributed by atoms with E-state index < -0.39 is 5.97 Å². The minimum atomic E-state index is -0.474. The van der Waals surface area contributed by atoms with E-state index in [1.54, 1.807) is 44.0 Å².